The summed E-state index contributed by atoms with van der Waals surface area (Å²) in [5.41, 5.74) is 4.80. The number of oxime groups is 1. The Hall–Kier alpha value is -2.05. The minimum Gasteiger partial charge on any atom is -0.382 e. The highest BCUT2D eigenvalue weighted by Gasteiger charge is 2.32. The van der Waals surface area contributed by atoms with Crippen LogP contribution in [0.3, 0.4) is 0 Å². The first-order chi connectivity index (χ1) is 8.38. The molecule has 0 saturated heterocycles. The molecular formula is C11H9F3N2O2. The molecule has 1 heterocycles. The maximum absolute atomic E-state index is 12.5. The van der Waals surface area contributed by atoms with Crippen molar-refractivity contribution in [2.45, 2.75) is 18.7 Å². The second kappa shape index (κ2) is 4.32. The molecule has 0 fully saturated rings. The molecule has 2 rings (SSSR count). The number of hydrogen-bond donors (Lipinski definition) is 1. The molecule has 96 valence electrons. The van der Waals surface area contributed by atoms with E-state index in [1.165, 1.54) is 12.1 Å². The molecule has 1 aliphatic rings. The summed E-state index contributed by atoms with van der Waals surface area (Å²) < 4.78 is 37.5. The number of benzene rings is 1. The third-order valence-electron chi connectivity index (χ3n) is 2.51. The Labute approximate surface area is 100 Å². The molecule has 2 N–H and O–H groups in total. The molecule has 1 aromatic rings. The highest BCUT2D eigenvalue weighted by Crippen LogP contribution is 2.30. The molecule has 1 unspecified atom stereocenters. The molecule has 0 saturated carbocycles. The van der Waals surface area contributed by atoms with Crippen molar-refractivity contribution in [3.8, 4) is 0 Å². The summed E-state index contributed by atoms with van der Waals surface area (Å²) >= 11 is 0. The average Bonchev–Trinajstić information content (AvgIpc) is 2.77. The van der Waals surface area contributed by atoms with Crippen LogP contribution in [-0.2, 0) is 15.8 Å². The minimum absolute atomic E-state index is 0.0800. The topological polar surface area (TPSA) is 64.7 Å². The summed E-state index contributed by atoms with van der Waals surface area (Å²) in [6.07, 6.45) is -5.25. The van der Waals surface area contributed by atoms with Crippen molar-refractivity contribution in [2.24, 2.45) is 10.9 Å². The van der Waals surface area contributed by atoms with Crippen LogP contribution in [0, 0.1) is 0 Å². The van der Waals surface area contributed by atoms with Crippen LogP contribution in [-0.4, -0.2) is 17.7 Å². The standard InChI is InChI=1S/C11H9F3N2O2/c12-11(13,14)7-3-1-2-6(4-7)8-5-9(10(15)17)18-16-8/h1-4,9H,5H2,(H2,15,17). The Morgan fingerprint density at radius 1 is 1.44 bits per heavy atom. The molecule has 0 radical (unpaired) electrons. The minimum atomic E-state index is -4.42. The Morgan fingerprint density at radius 3 is 2.72 bits per heavy atom. The van der Waals surface area contributed by atoms with Gasteiger partial charge in [-0.2, -0.15) is 13.2 Å². The fourth-order valence-electron chi connectivity index (χ4n) is 1.58. The summed E-state index contributed by atoms with van der Waals surface area (Å²) in [6, 6.07) is 4.68. The maximum atomic E-state index is 12.5. The molecule has 0 spiro atoms. The van der Waals surface area contributed by atoms with Crippen molar-refractivity contribution in [1.29, 1.82) is 0 Å². The largest absolute Gasteiger partial charge is 0.416 e. The number of rotatable bonds is 2. The summed E-state index contributed by atoms with van der Waals surface area (Å²) in [6.45, 7) is 0. The molecule has 1 aromatic carbocycles. The summed E-state index contributed by atoms with van der Waals surface area (Å²) in [7, 11) is 0. The number of nitrogens with two attached hydrogens (primary N) is 1. The van der Waals surface area contributed by atoms with Gasteiger partial charge in [-0.15, -0.1) is 0 Å². The number of carbonyl (C=O) groups is 1. The lowest BCUT2D eigenvalue weighted by Crippen LogP contribution is -2.28. The smallest absolute Gasteiger partial charge is 0.382 e. The van der Waals surface area contributed by atoms with E-state index in [2.05, 4.69) is 5.16 Å². The lowest BCUT2D eigenvalue weighted by atomic mass is 10.0. The van der Waals surface area contributed by atoms with Crippen molar-refractivity contribution < 1.29 is 22.8 Å². The van der Waals surface area contributed by atoms with Crippen LogP contribution in [0.25, 0.3) is 0 Å². The summed E-state index contributed by atoms with van der Waals surface area (Å²) in [4.78, 5) is 15.6. The number of alkyl halides is 3. The fourth-order valence-corrected chi connectivity index (χ4v) is 1.58. The van der Waals surface area contributed by atoms with E-state index >= 15 is 0 Å². The fraction of sp³-hybridized carbons (Fsp3) is 0.273. The van der Waals surface area contributed by atoms with E-state index in [0.717, 1.165) is 12.1 Å². The van der Waals surface area contributed by atoms with Gasteiger partial charge in [-0.05, 0) is 12.1 Å². The van der Waals surface area contributed by atoms with E-state index in [-0.39, 0.29) is 17.7 Å². The maximum Gasteiger partial charge on any atom is 0.416 e. The number of hydrogen-bond acceptors (Lipinski definition) is 3. The van der Waals surface area contributed by atoms with E-state index in [0.29, 0.717) is 0 Å². The van der Waals surface area contributed by atoms with Crippen LogP contribution < -0.4 is 5.73 Å². The number of primary amides is 1. The van der Waals surface area contributed by atoms with Crippen molar-refractivity contribution in [2.75, 3.05) is 0 Å². The first-order valence-corrected chi connectivity index (χ1v) is 5.07. The number of carbonyl (C=O) groups excluding carboxylic acids is 1. The molecule has 1 aliphatic heterocycles. The Balaban J connectivity index is 2.23. The van der Waals surface area contributed by atoms with E-state index in [4.69, 9.17) is 10.6 Å². The molecule has 1 amide bonds. The van der Waals surface area contributed by atoms with Gasteiger partial charge in [-0.25, -0.2) is 0 Å². The molecule has 1 atom stereocenters. The van der Waals surface area contributed by atoms with Gasteiger partial charge in [-0.1, -0.05) is 17.3 Å². The van der Waals surface area contributed by atoms with E-state index in [9.17, 15) is 18.0 Å². The molecule has 18 heavy (non-hydrogen) atoms. The first-order valence-electron chi connectivity index (χ1n) is 5.07. The number of amides is 1. The summed E-state index contributed by atoms with van der Waals surface area (Å²) in [5, 5.41) is 3.58. The molecule has 0 aliphatic carbocycles. The zero-order valence-corrected chi connectivity index (χ0v) is 9.07. The van der Waals surface area contributed by atoms with Crippen LogP contribution >= 0.6 is 0 Å². The molecule has 0 bridgehead atoms. The van der Waals surface area contributed by atoms with Crippen molar-refractivity contribution in [3.05, 3.63) is 35.4 Å². The Kier molecular flexibility index (Phi) is 2.98. The Morgan fingerprint density at radius 2 is 2.17 bits per heavy atom. The number of halogens is 3. The second-order valence-electron chi connectivity index (χ2n) is 3.82. The van der Waals surface area contributed by atoms with Gasteiger partial charge in [0.05, 0.1) is 11.3 Å². The van der Waals surface area contributed by atoms with Crippen LogP contribution in [0.2, 0.25) is 0 Å². The molecule has 7 heteroatoms. The van der Waals surface area contributed by atoms with Crippen LogP contribution in [0.1, 0.15) is 17.5 Å². The highest BCUT2D eigenvalue weighted by molar-refractivity contribution is 6.04. The lowest BCUT2D eigenvalue weighted by Gasteiger charge is -2.08. The van der Waals surface area contributed by atoms with Gasteiger partial charge in [-0.3, -0.25) is 4.79 Å². The third-order valence-corrected chi connectivity index (χ3v) is 2.51. The normalized spacial score (nSPS) is 19.3. The van der Waals surface area contributed by atoms with Crippen LogP contribution in [0.5, 0.6) is 0 Å². The molecule has 4 nitrogen and oxygen atoms in total. The Bertz CT molecular complexity index is 511. The zero-order valence-electron chi connectivity index (χ0n) is 9.07. The van der Waals surface area contributed by atoms with Gasteiger partial charge in [0.25, 0.3) is 5.91 Å². The van der Waals surface area contributed by atoms with Crippen LogP contribution in [0.4, 0.5) is 13.2 Å². The lowest BCUT2D eigenvalue weighted by molar-refractivity contribution is -0.137. The SMILES string of the molecule is NC(=O)C1CC(c2cccc(C(F)(F)F)c2)=NO1. The monoisotopic (exact) mass is 258 g/mol. The predicted octanol–water partition coefficient (Wildman–Crippen LogP) is 1.68. The van der Waals surface area contributed by atoms with Crippen molar-refractivity contribution in [1.82, 2.24) is 0 Å². The third kappa shape index (κ3) is 2.44. The van der Waals surface area contributed by atoms with Gasteiger partial charge in [0.15, 0.2) is 0 Å². The van der Waals surface area contributed by atoms with E-state index < -0.39 is 23.8 Å². The van der Waals surface area contributed by atoms with E-state index in [1.807, 2.05) is 0 Å². The highest BCUT2D eigenvalue weighted by atomic mass is 19.4. The van der Waals surface area contributed by atoms with Gasteiger partial charge < -0.3 is 10.6 Å². The quantitative estimate of drug-likeness (QED) is 0.877. The van der Waals surface area contributed by atoms with Gasteiger partial charge in [0, 0.05) is 12.0 Å². The van der Waals surface area contributed by atoms with Crippen LogP contribution in [0.15, 0.2) is 29.4 Å². The van der Waals surface area contributed by atoms with Gasteiger partial charge >= 0.3 is 6.18 Å². The average molecular weight is 258 g/mol. The van der Waals surface area contributed by atoms with E-state index in [1.54, 1.807) is 0 Å². The molecule has 0 aromatic heterocycles. The first kappa shape index (κ1) is 12.4. The number of nitrogens with zero attached hydrogens (tertiary/aromatic N) is 1. The second-order valence-corrected chi connectivity index (χ2v) is 3.82. The van der Waals surface area contributed by atoms with Crippen molar-refractivity contribution in [3.63, 3.8) is 0 Å². The van der Waals surface area contributed by atoms with Gasteiger partial charge in [0.1, 0.15) is 0 Å². The zero-order chi connectivity index (χ0) is 13.3. The van der Waals surface area contributed by atoms with Crippen molar-refractivity contribution >= 4 is 11.6 Å². The van der Waals surface area contributed by atoms with Gasteiger partial charge in [0.2, 0.25) is 6.10 Å². The molecular weight excluding hydrogens is 249 g/mol. The predicted molar refractivity (Wildman–Crippen MR) is 56.7 cm³/mol. The summed E-state index contributed by atoms with van der Waals surface area (Å²) in [5.74, 6) is -0.694.